The topological polar surface area (TPSA) is 38.0 Å². The highest BCUT2D eigenvalue weighted by atomic mass is 19.3. The molecule has 0 radical (unpaired) electrons. The molecule has 10 heavy (non-hydrogen) atoms. The van der Waals surface area contributed by atoms with Crippen molar-refractivity contribution in [1.82, 2.24) is 5.32 Å². The van der Waals surface area contributed by atoms with E-state index in [1.165, 1.54) is 0 Å². The van der Waals surface area contributed by atoms with E-state index < -0.39 is 18.4 Å². The van der Waals surface area contributed by atoms with Gasteiger partial charge in [0.15, 0.2) is 0 Å². The minimum Gasteiger partial charge on any atom is -0.325 e. The third kappa shape index (κ3) is 1.44. The molecule has 0 aromatic carbocycles. The van der Waals surface area contributed by atoms with Crippen LogP contribution in [0.5, 0.6) is 0 Å². The van der Waals surface area contributed by atoms with Crippen molar-refractivity contribution in [3.05, 3.63) is 0 Å². The van der Waals surface area contributed by atoms with E-state index >= 15 is 0 Å². The third-order valence-electron chi connectivity index (χ3n) is 1.93. The Bertz CT molecular complexity index is 110. The monoisotopic (exact) mass is 150 g/mol. The van der Waals surface area contributed by atoms with Crippen molar-refractivity contribution in [2.45, 2.75) is 12.3 Å². The molecule has 0 saturated carbocycles. The zero-order valence-corrected chi connectivity index (χ0v) is 5.74. The molecule has 3 N–H and O–H groups in total. The van der Waals surface area contributed by atoms with Crippen LogP contribution in [-0.2, 0) is 0 Å². The van der Waals surface area contributed by atoms with Crippen molar-refractivity contribution < 1.29 is 8.78 Å². The quantitative estimate of drug-likeness (QED) is 0.589. The lowest BCUT2D eigenvalue weighted by Crippen LogP contribution is -2.37. The summed E-state index contributed by atoms with van der Waals surface area (Å²) in [5, 5.41) is 2.88. The second kappa shape index (κ2) is 2.80. The molecule has 4 heteroatoms. The molecule has 1 unspecified atom stereocenters. The lowest BCUT2D eigenvalue weighted by molar-refractivity contribution is -0.0411. The number of nitrogens with one attached hydrogen (secondary N) is 1. The van der Waals surface area contributed by atoms with Crippen molar-refractivity contribution in [2.24, 2.45) is 11.7 Å². The molecule has 2 nitrogen and oxygen atoms in total. The van der Waals surface area contributed by atoms with Gasteiger partial charge in [-0.1, -0.05) is 0 Å². The van der Waals surface area contributed by atoms with E-state index in [0.717, 1.165) is 0 Å². The average molecular weight is 150 g/mol. The van der Waals surface area contributed by atoms with Crippen LogP contribution in [0.25, 0.3) is 0 Å². The first-order valence-electron chi connectivity index (χ1n) is 3.45. The summed E-state index contributed by atoms with van der Waals surface area (Å²) in [4.78, 5) is 0. The number of halogens is 2. The van der Waals surface area contributed by atoms with Gasteiger partial charge in [0.1, 0.15) is 0 Å². The maximum Gasteiger partial charge on any atom is 0.264 e. The Hall–Kier alpha value is -0.220. The summed E-state index contributed by atoms with van der Waals surface area (Å²) in [5.74, 6) is -3.21. The molecule has 1 atom stereocenters. The Morgan fingerprint density at radius 1 is 1.60 bits per heavy atom. The van der Waals surface area contributed by atoms with E-state index in [1.807, 2.05) is 0 Å². The van der Waals surface area contributed by atoms with Crippen LogP contribution in [0.1, 0.15) is 6.42 Å². The molecule has 1 rings (SSSR count). The highest BCUT2D eigenvalue weighted by Crippen LogP contribution is 2.27. The summed E-state index contributed by atoms with van der Waals surface area (Å²) in [6.45, 7) is 0.573. The van der Waals surface area contributed by atoms with Crippen LogP contribution in [0.4, 0.5) is 8.78 Å². The molecule has 0 spiro atoms. The predicted octanol–water partition coefficient (Wildman–Crippen LogP) is 0.190. The summed E-state index contributed by atoms with van der Waals surface area (Å²) >= 11 is 0. The van der Waals surface area contributed by atoms with E-state index in [2.05, 4.69) is 5.32 Å². The lowest BCUT2D eigenvalue weighted by atomic mass is 10.0. The van der Waals surface area contributed by atoms with Gasteiger partial charge in [0, 0.05) is 12.5 Å². The van der Waals surface area contributed by atoms with Crippen molar-refractivity contribution in [1.29, 1.82) is 0 Å². The largest absolute Gasteiger partial charge is 0.325 e. The molecule has 60 valence electrons. The SMILES string of the molecule is NCC(F)(F)C1CCNC1. The van der Waals surface area contributed by atoms with Crippen molar-refractivity contribution >= 4 is 0 Å². The van der Waals surface area contributed by atoms with Crippen LogP contribution in [0, 0.1) is 5.92 Å². The zero-order valence-electron chi connectivity index (χ0n) is 5.74. The minimum absolute atomic E-state index is 0.407. The number of nitrogens with two attached hydrogens (primary N) is 1. The van der Waals surface area contributed by atoms with Crippen LogP contribution < -0.4 is 11.1 Å². The zero-order chi connectivity index (χ0) is 7.61. The number of hydrogen-bond acceptors (Lipinski definition) is 2. The Kier molecular flexibility index (Phi) is 2.21. The molecule has 1 aliphatic rings. The fourth-order valence-corrected chi connectivity index (χ4v) is 1.18. The van der Waals surface area contributed by atoms with E-state index in [9.17, 15) is 8.78 Å². The van der Waals surface area contributed by atoms with Gasteiger partial charge in [0.05, 0.1) is 6.54 Å². The summed E-state index contributed by atoms with van der Waals surface area (Å²) in [7, 11) is 0. The van der Waals surface area contributed by atoms with Crippen molar-refractivity contribution in [3.63, 3.8) is 0 Å². The molecular weight excluding hydrogens is 138 g/mol. The summed E-state index contributed by atoms with van der Waals surface area (Å²) in [6.07, 6.45) is 0.546. The Labute approximate surface area is 58.8 Å². The number of rotatable bonds is 2. The first kappa shape index (κ1) is 7.88. The van der Waals surface area contributed by atoms with Crippen LogP contribution in [-0.4, -0.2) is 25.6 Å². The second-order valence-corrected chi connectivity index (χ2v) is 2.65. The van der Waals surface area contributed by atoms with Gasteiger partial charge < -0.3 is 11.1 Å². The first-order chi connectivity index (χ1) is 4.67. The van der Waals surface area contributed by atoms with E-state index in [0.29, 0.717) is 19.5 Å². The molecule has 0 aliphatic carbocycles. The molecule has 1 aliphatic heterocycles. The Morgan fingerprint density at radius 2 is 2.30 bits per heavy atom. The van der Waals surface area contributed by atoms with Gasteiger partial charge in [-0.15, -0.1) is 0 Å². The van der Waals surface area contributed by atoms with Gasteiger partial charge in [0.2, 0.25) is 0 Å². The molecule has 1 fully saturated rings. The highest BCUT2D eigenvalue weighted by molar-refractivity contribution is 4.84. The van der Waals surface area contributed by atoms with Gasteiger partial charge in [-0.3, -0.25) is 0 Å². The van der Waals surface area contributed by atoms with Gasteiger partial charge in [-0.05, 0) is 13.0 Å². The third-order valence-corrected chi connectivity index (χ3v) is 1.93. The number of hydrogen-bond donors (Lipinski definition) is 2. The van der Waals surface area contributed by atoms with Gasteiger partial charge in [0.25, 0.3) is 5.92 Å². The summed E-state index contributed by atoms with van der Waals surface area (Å²) in [6, 6.07) is 0. The predicted molar refractivity (Wildman–Crippen MR) is 35.0 cm³/mol. The van der Waals surface area contributed by atoms with Gasteiger partial charge >= 0.3 is 0 Å². The normalized spacial score (nSPS) is 27.3. The molecule has 0 amide bonds. The standard InChI is InChI=1S/C6H12F2N2/c7-6(8,4-9)5-1-2-10-3-5/h5,10H,1-4,9H2. The summed E-state index contributed by atoms with van der Waals surface area (Å²) in [5.41, 5.74) is 4.91. The lowest BCUT2D eigenvalue weighted by Gasteiger charge is -2.19. The van der Waals surface area contributed by atoms with Gasteiger partial charge in [-0.25, -0.2) is 8.78 Å². The van der Waals surface area contributed by atoms with Crippen LogP contribution in [0.15, 0.2) is 0 Å². The van der Waals surface area contributed by atoms with E-state index in [-0.39, 0.29) is 0 Å². The Balaban J connectivity index is 2.45. The molecule has 0 aromatic heterocycles. The maximum absolute atomic E-state index is 12.7. The molecular formula is C6H12F2N2. The van der Waals surface area contributed by atoms with Crippen LogP contribution in [0.2, 0.25) is 0 Å². The smallest absolute Gasteiger partial charge is 0.264 e. The Morgan fingerprint density at radius 3 is 2.70 bits per heavy atom. The van der Waals surface area contributed by atoms with E-state index in [4.69, 9.17) is 5.73 Å². The van der Waals surface area contributed by atoms with Crippen LogP contribution in [0.3, 0.4) is 0 Å². The van der Waals surface area contributed by atoms with Crippen LogP contribution >= 0.6 is 0 Å². The fraction of sp³-hybridized carbons (Fsp3) is 1.00. The maximum atomic E-state index is 12.7. The average Bonchev–Trinajstić information content (AvgIpc) is 2.38. The van der Waals surface area contributed by atoms with Gasteiger partial charge in [-0.2, -0.15) is 0 Å². The highest BCUT2D eigenvalue weighted by Gasteiger charge is 2.39. The molecule has 1 heterocycles. The number of alkyl halides is 2. The molecule has 0 aromatic rings. The van der Waals surface area contributed by atoms with Crippen molar-refractivity contribution in [2.75, 3.05) is 19.6 Å². The molecule has 0 bridgehead atoms. The van der Waals surface area contributed by atoms with E-state index in [1.54, 1.807) is 0 Å². The first-order valence-corrected chi connectivity index (χ1v) is 3.45. The minimum atomic E-state index is -2.66. The fourth-order valence-electron chi connectivity index (χ4n) is 1.18. The second-order valence-electron chi connectivity index (χ2n) is 2.65. The summed E-state index contributed by atoms with van der Waals surface area (Å²) < 4.78 is 25.4. The van der Waals surface area contributed by atoms with Crippen molar-refractivity contribution in [3.8, 4) is 0 Å². The molecule has 1 saturated heterocycles.